The highest BCUT2D eigenvalue weighted by molar-refractivity contribution is 6.03. The van der Waals surface area contributed by atoms with E-state index in [9.17, 15) is 4.79 Å². The van der Waals surface area contributed by atoms with Crippen LogP contribution in [-0.2, 0) is 0 Å². The number of benzene rings is 2. The van der Waals surface area contributed by atoms with Gasteiger partial charge in [0.1, 0.15) is 0 Å². The van der Waals surface area contributed by atoms with E-state index in [1.807, 2.05) is 33.8 Å². The summed E-state index contributed by atoms with van der Waals surface area (Å²) in [7, 11) is 0. The number of amides is 1. The first-order valence-electron chi connectivity index (χ1n) is 9.13. The average Bonchev–Trinajstić information content (AvgIpc) is 3.11. The molecular formula is C21H23N3O4. The normalized spacial score (nSPS) is 10.6. The molecule has 0 fully saturated rings. The van der Waals surface area contributed by atoms with E-state index in [-0.39, 0.29) is 17.8 Å². The molecule has 3 aromatic rings. The minimum absolute atomic E-state index is 0.0333. The molecule has 0 atom stereocenters. The van der Waals surface area contributed by atoms with E-state index in [0.29, 0.717) is 35.8 Å². The zero-order valence-electron chi connectivity index (χ0n) is 16.4. The quantitative estimate of drug-likeness (QED) is 0.653. The largest absolute Gasteiger partial charge is 0.490 e. The Morgan fingerprint density at radius 1 is 0.964 bits per heavy atom. The van der Waals surface area contributed by atoms with Gasteiger partial charge in [0.05, 0.1) is 13.2 Å². The summed E-state index contributed by atoms with van der Waals surface area (Å²) in [5.41, 5.74) is 3.23. The smallest absolute Gasteiger partial charge is 0.322 e. The van der Waals surface area contributed by atoms with Crippen molar-refractivity contribution < 1.29 is 18.7 Å². The Labute approximate surface area is 163 Å². The van der Waals surface area contributed by atoms with Gasteiger partial charge in [-0.3, -0.25) is 10.1 Å². The molecule has 28 heavy (non-hydrogen) atoms. The number of nitrogens with zero attached hydrogens (tertiary/aromatic N) is 2. The Kier molecular flexibility index (Phi) is 5.93. The number of anilines is 1. The summed E-state index contributed by atoms with van der Waals surface area (Å²) in [5.74, 6) is 1.22. The van der Waals surface area contributed by atoms with Crippen LogP contribution < -0.4 is 14.8 Å². The van der Waals surface area contributed by atoms with Crippen LogP contribution in [-0.4, -0.2) is 29.3 Å². The number of aryl methyl sites for hydroxylation is 2. The molecule has 7 heteroatoms. The highest BCUT2D eigenvalue weighted by Gasteiger charge is 2.15. The fraction of sp³-hybridized carbons (Fsp3) is 0.286. The van der Waals surface area contributed by atoms with Crippen LogP contribution in [0.3, 0.4) is 0 Å². The molecule has 0 aliphatic rings. The zero-order chi connectivity index (χ0) is 20.1. The Morgan fingerprint density at radius 2 is 1.64 bits per heavy atom. The van der Waals surface area contributed by atoms with Crippen LogP contribution in [0.1, 0.15) is 35.3 Å². The second-order valence-corrected chi connectivity index (χ2v) is 6.27. The summed E-state index contributed by atoms with van der Waals surface area (Å²) >= 11 is 0. The van der Waals surface area contributed by atoms with Gasteiger partial charge in [0.15, 0.2) is 11.5 Å². The lowest BCUT2D eigenvalue weighted by atomic mass is 10.1. The summed E-state index contributed by atoms with van der Waals surface area (Å²) in [4.78, 5) is 12.4. The summed E-state index contributed by atoms with van der Waals surface area (Å²) in [6.45, 7) is 8.73. The topological polar surface area (TPSA) is 86.5 Å². The molecule has 1 aromatic heterocycles. The van der Waals surface area contributed by atoms with Gasteiger partial charge in [-0.2, -0.15) is 0 Å². The zero-order valence-corrected chi connectivity index (χ0v) is 16.4. The van der Waals surface area contributed by atoms with Crippen LogP contribution in [0.5, 0.6) is 11.5 Å². The summed E-state index contributed by atoms with van der Waals surface area (Å²) < 4.78 is 16.8. The number of rotatable bonds is 7. The van der Waals surface area contributed by atoms with Gasteiger partial charge in [-0.25, -0.2) is 0 Å². The molecule has 0 aliphatic carbocycles. The lowest BCUT2D eigenvalue weighted by molar-refractivity contribution is 0.102. The maximum atomic E-state index is 12.4. The summed E-state index contributed by atoms with van der Waals surface area (Å²) in [5, 5.41) is 10.6. The molecule has 2 aromatic carbocycles. The van der Waals surface area contributed by atoms with Crippen molar-refractivity contribution in [1.82, 2.24) is 10.2 Å². The highest BCUT2D eigenvalue weighted by atomic mass is 16.5. The van der Waals surface area contributed by atoms with E-state index in [1.54, 1.807) is 30.3 Å². The van der Waals surface area contributed by atoms with Crippen molar-refractivity contribution in [1.29, 1.82) is 0 Å². The fourth-order valence-electron chi connectivity index (χ4n) is 2.85. The third-order valence-corrected chi connectivity index (χ3v) is 3.92. The predicted molar refractivity (Wildman–Crippen MR) is 106 cm³/mol. The number of hydrogen-bond acceptors (Lipinski definition) is 6. The first kappa shape index (κ1) is 19.4. The number of nitrogens with one attached hydrogen (secondary N) is 1. The monoisotopic (exact) mass is 381 g/mol. The Morgan fingerprint density at radius 3 is 2.32 bits per heavy atom. The molecule has 1 amide bonds. The summed E-state index contributed by atoms with van der Waals surface area (Å²) in [6.07, 6.45) is 0. The lowest BCUT2D eigenvalue weighted by Gasteiger charge is -2.11. The Balaban J connectivity index is 1.80. The van der Waals surface area contributed by atoms with Gasteiger partial charge in [-0.15, -0.1) is 5.10 Å². The minimum atomic E-state index is -0.302. The highest BCUT2D eigenvalue weighted by Crippen LogP contribution is 2.32. The van der Waals surface area contributed by atoms with Gasteiger partial charge in [-0.05, 0) is 58.0 Å². The van der Waals surface area contributed by atoms with Crippen molar-refractivity contribution in [2.45, 2.75) is 27.7 Å². The third-order valence-electron chi connectivity index (χ3n) is 3.92. The van der Waals surface area contributed by atoms with E-state index in [0.717, 1.165) is 11.1 Å². The van der Waals surface area contributed by atoms with E-state index in [4.69, 9.17) is 13.9 Å². The van der Waals surface area contributed by atoms with Gasteiger partial charge in [0.2, 0.25) is 5.89 Å². The first-order chi connectivity index (χ1) is 13.5. The molecule has 0 radical (unpaired) electrons. The first-order valence-corrected chi connectivity index (χ1v) is 9.13. The molecule has 0 aliphatic heterocycles. The molecule has 0 saturated heterocycles. The van der Waals surface area contributed by atoms with Crippen molar-refractivity contribution in [3.05, 3.63) is 53.1 Å². The van der Waals surface area contributed by atoms with E-state index in [1.165, 1.54) is 0 Å². The van der Waals surface area contributed by atoms with Gasteiger partial charge >= 0.3 is 6.01 Å². The van der Waals surface area contributed by atoms with E-state index < -0.39 is 0 Å². The molecule has 7 nitrogen and oxygen atoms in total. The summed E-state index contributed by atoms with van der Waals surface area (Å²) in [6, 6.07) is 11.0. The van der Waals surface area contributed by atoms with Crippen molar-refractivity contribution in [2.75, 3.05) is 18.5 Å². The number of ether oxygens (including phenoxy) is 2. The molecule has 3 rings (SSSR count). The van der Waals surface area contributed by atoms with Crippen molar-refractivity contribution in [2.24, 2.45) is 0 Å². The maximum Gasteiger partial charge on any atom is 0.322 e. The minimum Gasteiger partial charge on any atom is -0.490 e. The molecule has 1 heterocycles. The van der Waals surface area contributed by atoms with E-state index in [2.05, 4.69) is 15.5 Å². The predicted octanol–water partition coefficient (Wildman–Crippen LogP) is 4.40. The van der Waals surface area contributed by atoms with Crippen molar-refractivity contribution >= 4 is 11.9 Å². The fourth-order valence-corrected chi connectivity index (χ4v) is 2.85. The molecule has 1 N–H and O–H groups in total. The molecule has 0 bridgehead atoms. The molecule has 0 saturated carbocycles. The lowest BCUT2D eigenvalue weighted by Crippen LogP contribution is -2.12. The number of aromatic nitrogens is 2. The molecular weight excluding hydrogens is 358 g/mol. The third kappa shape index (κ3) is 4.49. The van der Waals surface area contributed by atoms with Gasteiger partial charge in [0, 0.05) is 11.1 Å². The Bertz CT molecular complexity index is 961. The van der Waals surface area contributed by atoms with Crippen LogP contribution in [0, 0.1) is 13.8 Å². The van der Waals surface area contributed by atoms with Gasteiger partial charge < -0.3 is 13.9 Å². The Hall–Kier alpha value is -3.35. The maximum absolute atomic E-state index is 12.4. The van der Waals surface area contributed by atoms with Crippen LogP contribution in [0.2, 0.25) is 0 Å². The SMILES string of the molecule is CCOc1ccc(-c2nnc(NC(=O)c3cc(C)cc(C)c3)o2)cc1OCC. The van der Waals surface area contributed by atoms with E-state index >= 15 is 0 Å². The standard InChI is InChI=1S/C21H23N3O4/c1-5-26-17-8-7-15(12-18(17)27-6-2)20-23-24-21(28-20)22-19(25)16-10-13(3)9-14(4)11-16/h7-12H,5-6H2,1-4H3,(H,22,24,25). The second kappa shape index (κ2) is 8.56. The van der Waals surface area contributed by atoms with Crippen molar-refractivity contribution in [3.63, 3.8) is 0 Å². The second-order valence-electron chi connectivity index (χ2n) is 6.27. The van der Waals surface area contributed by atoms with Crippen molar-refractivity contribution in [3.8, 4) is 23.0 Å². The van der Waals surface area contributed by atoms with Crippen LogP contribution in [0.25, 0.3) is 11.5 Å². The molecule has 146 valence electrons. The molecule has 0 unspecified atom stereocenters. The van der Waals surface area contributed by atoms with Crippen LogP contribution in [0.4, 0.5) is 6.01 Å². The number of carbonyl (C=O) groups is 1. The van der Waals surface area contributed by atoms with Gasteiger partial charge in [0.25, 0.3) is 5.91 Å². The number of carbonyl (C=O) groups excluding carboxylic acids is 1. The van der Waals surface area contributed by atoms with Gasteiger partial charge in [-0.1, -0.05) is 22.3 Å². The van der Waals surface area contributed by atoms with Crippen LogP contribution >= 0.6 is 0 Å². The number of hydrogen-bond donors (Lipinski definition) is 1. The van der Waals surface area contributed by atoms with Crippen LogP contribution in [0.15, 0.2) is 40.8 Å². The molecule has 0 spiro atoms. The average molecular weight is 381 g/mol.